The van der Waals surface area contributed by atoms with Gasteiger partial charge in [0.25, 0.3) is 11.5 Å². The van der Waals surface area contributed by atoms with Crippen LogP contribution in [0.1, 0.15) is 42.6 Å². The molecule has 0 saturated carbocycles. The zero-order valence-electron chi connectivity index (χ0n) is 15.5. The molecule has 0 bridgehead atoms. The number of aromatic nitrogens is 2. The molecular weight excluding hydrogens is 355 g/mol. The van der Waals surface area contributed by atoms with Crippen molar-refractivity contribution in [2.24, 2.45) is 0 Å². The Morgan fingerprint density at radius 2 is 1.89 bits per heavy atom. The van der Waals surface area contributed by atoms with Gasteiger partial charge in [0.05, 0.1) is 5.54 Å². The van der Waals surface area contributed by atoms with Crippen LogP contribution in [-0.4, -0.2) is 38.8 Å². The highest BCUT2D eigenvalue weighted by Crippen LogP contribution is 2.19. The number of hydrogen-bond acceptors (Lipinski definition) is 5. The second kappa shape index (κ2) is 7.56. The van der Waals surface area contributed by atoms with Gasteiger partial charge in [-0.2, -0.15) is 0 Å². The topological polar surface area (TPSA) is 115 Å². The highest BCUT2D eigenvalue weighted by atomic mass is 19.1. The van der Waals surface area contributed by atoms with E-state index in [2.05, 4.69) is 15.3 Å². The molecule has 8 nitrogen and oxygen atoms in total. The number of nitrogens with one attached hydrogen (secondary N) is 2. The maximum atomic E-state index is 13.0. The highest BCUT2D eigenvalue weighted by molar-refractivity contribution is 5.94. The lowest BCUT2D eigenvalue weighted by Gasteiger charge is -2.25. The van der Waals surface area contributed by atoms with Crippen LogP contribution in [0.3, 0.4) is 0 Å². The van der Waals surface area contributed by atoms with E-state index in [9.17, 15) is 23.9 Å². The predicted molar refractivity (Wildman–Crippen MR) is 95.6 cm³/mol. The zero-order chi connectivity index (χ0) is 20.4. The first-order chi connectivity index (χ1) is 12.5. The lowest BCUT2D eigenvalue weighted by molar-refractivity contribution is -0.120. The van der Waals surface area contributed by atoms with Crippen molar-refractivity contribution in [3.8, 4) is 5.75 Å². The third-order valence-electron chi connectivity index (χ3n) is 3.86. The number of rotatable bonds is 5. The molecule has 27 heavy (non-hydrogen) atoms. The summed E-state index contributed by atoms with van der Waals surface area (Å²) in [6, 6.07) is 5.58. The van der Waals surface area contributed by atoms with Gasteiger partial charge in [0, 0.05) is 20.5 Å². The van der Waals surface area contributed by atoms with E-state index in [1.165, 1.54) is 43.1 Å². The van der Waals surface area contributed by atoms with Crippen molar-refractivity contribution in [2.75, 3.05) is 7.05 Å². The Morgan fingerprint density at radius 1 is 1.30 bits per heavy atom. The molecule has 2 aromatic rings. The molecule has 144 valence electrons. The van der Waals surface area contributed by atoms with Crippen molar-refractivity contribution in [1.82, 2.24) is 20.2 Å². The summed E-state index contributed by atoms with van der Waals surface area (Å²) in [6.07, 6.45) is 0. The Labute approximate surface area is 155 Å². The fourth-order valence-electron chi connectivity index (χ4n) is 2.53. The van der Waals surface area contributed by atoms with Crippen molar-refractivity contribution in [3.05, 3.63) is 57.5 Å². The number of benzene rings is 1. The summed E-state index contributed by atoms with van der Waals surface area (Å²) >= 11 is 0. The van der Waals surface area contributed by atoms with Gasteiger partial charge < -0.3 is 20.3 Å². The third kappa shape index (κ3) is 4.69. The van der Waals surface area contributed by atoms with E-state index in [1.807, 2.05) is 0 Å². The fourth-order valence-corrected chi connectivity index (χ4v) is 2.53. The predicted octanol–water partition coefficient (Wildman–Crippen LogP) is 1.26. The Kier molecular flexibility index (Phi) is 5.63. The van der Waals surface area contributed by atoms with Crippen molar-refractivity contribution in [3.63, 3.8) is 0 Å². The first-order valence-electron chi connectivity index (χ1n) is 8.13. The largest absolute Gasteiger partial charge is 0.501 e. The van der Waals surface area contributed by atoms with E-state index in [4.69, 9.17) is 0 Å². The number of amides is 2. The van der Waals surface area contributed by atoms with E-state index in [0.717, 1.165) is 0 Å². The minimum atomic E-state index is -1.07. The lowest BCUT2D eigenvalue weighted by atomic mass is 10.0. The van der Waals surface area contributed by atoms with Crippen LogP contribution in [0.25, 0.3) is 0 Å². The van der Waals surface area contributed by atoms with E-state index in [-0.39, 0.29) is 18.3 Å². The minimum absolute atomic E-state index is 0.0269. The quantitative estimate of drug-likeness (QED) is 0.727. The van der Waals surface area contributed by atoms with E-state index < -0.39 is 34.3 Å². The molecule has 0 unspecified atom stereocenters. The van der Waals surface area contributed by atoms with Crippen molar-refractivity contribution in [2.45, 2.75) is 32.9 Å². The van der Waals surface area contributed by atoms with E-state index in [1.54, 1.807) is 13.8 Å². The highest BCUT2D eigenvalue weighted by Gasteiger charge is 2.29. The molecule has 0 aliphatic heterocycles. The van der Waals surface area contributed by atoms with E-state index in [0.29, 0.717) is 5.56 Å². The normalized spacial score (nSPS) is 11.1. The van der Waals surface area contributed by atoms with Gasteiger partial charge in [-0.05, 0) is 31.5 Å². The molecule has 0 fully saturated rings. The minimum Gasteiger partial charge on any atom is -0.501 e. The average molecular weight is 376 g/mol. The van der Waals surface area contributed by atoms with Crippen LogP contribution >= 0.6 is 0 Å². The Hall–Kier alpha value is -3.23. The molecule has 1 aromatic carbocycles. The molecule has 2 amide bonds. The molecule has 0 spiro atoms. The van der Waals surface area contributed by atoms with Crippen molar-refractivity contribution >= 4 is 11.8 Å². The summed E-state index contributed by atoms with van der Waals surface area (Å²) in [5.74, 6) is -2.22. The molecule has 1 aromatic heterocycles. The molecule has 0 saturated heterocycles. The van der Waals surface area contributed by atoms with Gasteiger partial charge in [-0.1, -0.05) is 12.1 Å². The number of aromatic hydroxyl groups is 1. The number of halogens is 1. The van der Waals surface area contributed by atoms with Crippen LogP contribution in [0.5, 0.6) is 5.75 Å². The molecule has 2 rings (SSSR count). The molecular formula is C18H21FN4O4. The molecule has 0 aliphatic rings. The second-order valence-corrected chi connectivity index (χ2v) is 6.71. The number of hydrogen-bond donors (Lipinski definition) is 3. The summed E-state index contributed by atoms with van der Waals surface area (Å²) in [5.41, 5.74) is -1.73. The number of nitrogens with zero attached hydrogens (tertiary/aromatic N) is 2. The number of H-pyrrole nitrogens is 1. The Bertz CT molecular complexity index is 922. The Morgan fingerprint density at radius 3 is 2.44 bits per heavy atom. The number of aromatic amines is 1. The van der Waals surface area contributed by atoms with Gasteiger partial charge in [-0.25, -0.2) is 9.37 Å². The average Bonchev–Trinajstić information content (AvgIpc) is 2.57. The van der Waals surface area contributed by atoms with Gasteiger partial charge in [0.15, 0.2) is 5.69 Å². The Balaban J connectivity index is 2.35. The maximum absolute atomic E-state index is 13.0. The lowest BCUT2D eigenvalue weighted by Crippen LogP contribution is -2.43. The van der Waals surface area contributed by atoms with Crippen LogP contribution in [0.15, 0.2) is 29.1 Å². The van der Waals surface area contributed by atoms with Crippen LogP contribution in [0.4, 0.5) is 4.39 Å². The summed E-state index contributed by atoms with van der Waals surface area (Å²) in [4.78, 5) is 43.8. The first kappa shape index (κ1) is 20.1. The molecule has 0 atom stereocenters. The SMILES string of the molecule is CC(=O)NC(C)(C)c1nc(C(=O)N(C)Cc2ccc(F)cc2)c(O)c(=O)[nH]1. The van der Waals surface area contributed by atoms with Crippen molar-refractivity contribution in [1.29, 1.82) is 0 Å². The summed E-state index contributed by atoms with van der Waals surface area (Å²) in [7, 11) is 1.46. The van der Waals surface area contributed by atoms with Crippen LogP contribution in [0, 0.1) is 5.82 Å². The standard InChI is InChI=1S/C18H21FN4O4/c1-10(24)22-18(2,3)17-20-13(14(25)15(26)21-17)16(27)23(4)9-11-5-7-12(19)8-6-11/h5-8,25H,9H2,1-4H3,(H,22,24)(H,20,21,26). The summed E-state index contributed by atoms with van der Waals surface area (Å²) in [6.45, 7) is 4.63. The molecule has 0 aliphatic carbocycles. The fraction of sp³-hybridized carbons (Fsp3) is 0.333. The maximum Gasteiger partial charge on any atom is 0.294 e. The monoisotopic (exact) mass is 376 g/mol. The number of carbonyl (C=O) groups excluding carboxylic acids is 2. The molecule has 0 radical (unpaired) electrons. The van der Waals surface area contributed by atoms with Crippen molar-refractivity contribution < 1.29 is 19.1 Å². The van der Waals surface area contributed by atoms with Crippen LogP contribution in [0.2, 0.25) is 0 Å². The first-order valence-corrected chi connectivity index (χ1v) is 8.13. The molecule has 3 N–H and O–H groups in total. The van der Waals surface area contributed by atoms with Gasteiger partial charge in [0.2, 0.25) is 11.7 Å². The molecule has 1 heterocycles. The zero-order valence-corrected chi connectivity index (χ0v) is 15.5. The van der Waals surface area contributed by atoms with Crippen LogP contribution < -0.4 is 10.9 Å². The second-order valence-electron chi connectivity index (χ2n) is 6.71. The van der Waals surface area contributed by atoms with Gasteiger partial charge >= 0.3 is 0 Å². The van der Waals surface area contributed by atoms with Gasteiger partial charge in [0.1, 0.15) is 11.6 Å². The van der Waals surface area contributed by atoms with Gasteiger partial charge in [-0.3, -0.25) is 14.4 Å². The third-order valence-corrected chi connectivity index (χ3v) is 3.86. The van der Waals surface area contributed by atoms with Gasteiger partial charge in [-0.15, -0.1) is 0 Å². The van der Waals surface area contributed by atoms with E-state index >= 15 is 0 Å². The number of carbonyl (C=O) groups is 2. The van der Waals surface area contributed by atoms with Crippen LogP contribution in [-0.2, 0) is 16.9 Å². The summed E-state index contributed by atoms with van der Waals surface area (Å²) < 4.78 is 13.0. The summed E-state index contributed by atoms with van der Waals surface area (Å²) in [5, 5.41) is 12.6. The molecule has 9 heteroatoms. The smallest absolute Gasteiger partial charge is 0.294 e.